The van der Waals surface area contributed by atoms with Crippen LogP contribution in [0.25, 0.3) is 0 Å². The first-order valence-electron chi connectivity index (χ1n) is 5.32. The van der Waals surface area contributed by atoms with Crippen LogP contribution < -0.4 is 5.73 Å². The lowest BCUT2D eigenvalue weighted by Crippen LogP contribution is -2.55. The van der Waals surface area contributed by atoms with Gasteiger partial charge >= 0.3 is 11.9 Å². The van der Waals surface area contributed by atoms with Crippen molar-refractivity contribution in [2.45, 2.75) is 18.4 Å². The van der Waals surface area contributed by atoms with Crippen LogP contribution in [0.15, 0.2) is 24.3 Å². The fourth-order valence-corrected chi connectivity index (χ4v) is 1.51. The number of carboxylic acid groups (broad SMARTS) is 2. The van der Waals surface area contributed by atoms with Crippen LogP contribution in [0.3, 0.4) is 0 Å². The molecular weight excluding hydrogens is 257 g/mol. The Morgan fingerprint density at radius 1 is 1.21 bits per heavy atom. The van der Waals surface area contributed by atoms with Crippen LogP contribution in [0.2, 0.25) is 0 Å². The van der Waals surface area contributed by atoms with Gasteiger partial charge in [-0.2, -0.15) is 0 Å². The van der Waals surface area contributed by atoms with E-state index in [0.29, 0.717) is 0 Å². The zero-order valence-electron chi connectivity index (χ0n) is 9.80. The fraction of sp³-hybridized carbons (Fsp3) is 0.250. The van der Waals surface area contributed by atoms with Crippen LogP contribution >= 0.6 is 0 Å². The Kier molecular flexibility index (Phi) is 4.34. The largest absolute Gasteiger partial charge is 0.481 e. The number of Topliss-reactive ketones (excluding diaryl/α,β-unsaturated/α-hetero) is 1. The number of nitrogens with two attached hydrogens (primary N) is 1. The standard InChI is InChI=1S/C12H12FNO5/c13-8-4-2-1-3-7(8)10(17)12(14,11(18)19)6-5-9(15)16/h1-4H,5-6,14H2,(H,15,16)(H,18,19)/t12-/m1/s1. The van der Waals surface area contributed by atoms with Crippen LogP contribution in [0.4, 0.5) is 4.39 Å². The summed E-state index contributed by atoms with van der Waals surface area (Å²) >= 11 is 0. The lowest BCUT2D eigenvalue weighted by Gasteiger charge is -2.22. The van der Waals surface area contributed by atoms with E-state index in [-0.39, 0.29) is 0 Å². The molecule has 0 saturated carbocycles. The molecule has 0 aliphatic rings. The lowest BCUT2D eigenvalue weighted by molar-refractivity contribution is -0.142. The number of carboxylic acids is 2. The minimum Gasteiger partial charge on any atom is -0.481 e. The van der Waals surface area contributed by atoms with Gasteiger partial charge in [-0.05, 0) is 18.6 Å². The van der Waals surface area contributed by atoms with E-state index in [2.05, 4.69) is 0 Å². The number of rotatable bonds is 6. The SMILES string of the molecule is N[C@@](CCC(=O)O)(C(=O)O)C(=O)c1ccccc1F. The summed E-state index contributed by atoms with van der Waals surface area (Å²) in [4.78, 5) is 33.6. The molecule has 0 aliphatic heterocycles. The van der Waals surface area contributed by atoms with E-state index in [1.807, 2.05) is 0 Å². The summed E-state index contributed by atoms with van der Waals surface area (Å²) in [5.41, 5.74) is 2.52. The van der Waals surface area contributed by atoms with Crippen molar-refractivity contribution in [3.8, 4) is 0 Å². The topological polar surface area (TPSA) is 118 Å². The third kappa shape index (κ3) is 3.14. The number of hydrogen-bond donors (Lipinski definition) is 3. The number of hydrogen-bond acceptors (Lipinski definition) is 4. The van der Waals surface area contributed by atoms with Gasteiger partial charge < -0.3 is 15.9 Å². The molecule has 0 amide bonds. The van der Waals surface area contributed by atoms with Gasteiger partial charge in [-0.15, -0.1) is 0 Å². The molecule has 0 heterocycles. The average molecular weight is 269 g/mol. The molecule has 0 unspecified atom stereocenters. The van der Waals surface area contributed by atoms with Crippen molar-refractivity contribution in [3.63, 3.8) is 0 Å². The van der Waals surface area contributed by atoms with Crippen molar-refractivity contribution >= 4 is 17.7 Å². The Bertz CT molecular complexity index is 531. The molecule has 0 bridgehead atoms. The number of carbonyl (C=O) groups excluding carboxylic acids is 1. The summed E-state index contributed by atoms with van der Waals surface area (Å²) in [6, 6.07) is 4.79. The zero-order valence-corrected chi connectivity index (χ0v) is 9.80. The van der Waals surface area contributed by atoms with Gasteiger partial charge in [0, 0.05) is 6.42 Å². The first-order valence-corrected chi connectivity index (χ1v) is 5.32. The number of aliphatic carboxylic acids is 2. The third-order valence-electron chi connectivity index (χ3n) is 2.64. The molecule has 19 heavy (non-hydrogen) atoms. The van der Waals surface area contributed by atoms with Gasteiger partial charge in [0.05, 0.1) is 5.56 Å². The molecule has 0 saturated heterocycles. The van der Waals surface area contributed by atoms with E-state index < -0.39 is 47.5 Å². The molecule has 0 radical (unpaired) electrons. The second-order valence-corrected chi connectivity index (χ2v) is 3.98. The number of carbonyl (C=O) groups is 3. The van der Waals surface area contributed by atoms with Crippen molar-refractivity contribution in [2.24, 2.45) is 5.73 Å². The van der Waals surface area contributed by atoms with E-state index in [1.54, 1.807) is 0 Å². The Hall–Kier alpha value is -2.28. The summed E-state index contributed by atoms with van der Waals surface area (Å²) in [6.07, 6.45) is -1.23. The van der Waals surface area contributed by atoms with Crippen molar-refractivity contribution in [3.05, 3.63) is 35.6 Å². The van der Waals surface area contributed by atoms with Gasteiger partial charge in [0.1, 0.15) is 5.82 Å². The highest BCUT2D eigenvalue weighted by molar-refractivity contribution is 6.16. The predicted octanol–water partition coefficient (Wildman–Crippen LogP) is 0.655. The summed E-state index contributed by atoms with van der Waals surface area (Å²) in [5, 5.41) is 17.5. The molecule has 0 aliphatic carbocycles. The van der Waals surface area contributed by atoms with Crippen molar-refractivity contribution in [1.82, 2.24) is 0 Å². The number of ketones is 1. The molecule has 1 atom stereocenters. The van der Waals surface area contributed by atoms with Crippen molar-refractivity contribution in [2.75, 3.05) is 0 Å². The molecule has 102 valence electrons. The van der Waals surface area contributed by atoms with Crippen molar-refractivity contribution in [1.29, 1.82) is 0 Å². The van der Waals surface area contributed by atoms with Crippen LogP contribution in [0, 0.1) is 5.82 Å². The Morgan fingerprint density at radius 3 is 2.26 bits per heavy atom. The maximum Gasteiger partial charge on any atom is 0.331 e. The summed E-state index contributed by atoms with van der Waals surface area (Å²) in [6.45, 7) is 0. The highest BCUT2D eigenvalue weighted by Crippen LogP contribution is 2.19. The number of halogens is 1. The molecule has 0 aromatic heterocycles. The molecular formula is C12H12FNO5. The quantitative estimate of drug-likeness (QED) is 0.515. The summed E-state index contributed by atoms with van der Waals surface area (Å²) in [7, 11) is 0. The van der Waals surface area contributed by atoms with Crippen LogP contribution in [0.1, 0.15) is 23.2 Å². The lowest BCUT2D eigenvalue weighted by atomic mass is 9.86. The van der Waals surface area contributed by atoms with E-state index in [1.165, 1.54) is 12.1 Å². The minimum atomic E-state index is -2.46. The highest BCUT2D eigenvalue weighted by atomic mass is 19.1. The number of benzene rings is 1. The van der Waals surface area contributed by atoms with Gasteiger partial charge in [-0.1, -0.05) is 12.1 Å². The van der Waals surface area contributed by atoms with Crippen LogP contribution in [-0.4, -0.2) is 33.5 Å². The first kappa shape index (κ1) is 14.8. The second kappa shape index (κ2) is 5.57. The predicted molar refractivity (Wildman–Crippen MR) is 62.2 cm³/mol. The smallest absolute Gasteiger partial charge is 0.331 e. The highest BCUT2D eigenvalue weighted by Gasteiger charge is 2.43. The van der Waals surface area contributed by atoms with Crippen molar-refractivity contribution < 1.29 is 29.0 Å². The third-order valence-corrected chi connectivity index (χ3v) is 2.64. The molecule has 0 spiro atoms. The van der Waals surface area contributed by atoms with E-state index >= 15 is 0 Å². The van der Waals surface area contributed by atoms with E-state index in [4.69, 9.17) is 15.9 Å². The van der Waals surface area contributed by atoms with Gasteiger partial charge in [0.2, 0.25) is 0 Å². The molecule has 6 nitrogen and oxygen atoms in total. The van der Waals surface area contributed by atoms with Gasteiger partial charge in [-0.25, -0.2) is 9.18 Å². The maximum atomic E-state index is 13.4. The second-order valence-electron chi connectivity index (χ2n) is 3.98. The average Bonchev–Trinajstić information content (AvgIpc) is 2.35. The monoisotopic (exact) mass is 269 g/mol. The first-order chi connectivity index (χ1) is 8.79. The maximum absolute atomic E-state index is 13.4. The Morgan fingerprint density at radius 2 is 1.79 bits per heavy atom. The normalized spacial score (nSPS) is 13.6. The molecule has 7 heteroatoms. The van der Waals surface area contributed by atoms with Gasteiger partial charge in [0.25, 0.3) is 0 Å². The Balaban J connectivity index is 3.13. The molecule has 4 N–H and O–H groups in total. The molecule has 1 aromatic rings. The van der Waals surface area contributed by atoms with E-state index in [9.17, 15) is 18.8 Å². The molecule has 1 aromatic carbocycles. The van der Waals surface area contributed by atoms with Gasteiger partial charge in [0.15, 0.2) is 11.3 Å². The summed E-state index contributed by atoms with van der Waals surface area (Å²) < 4.78 is 13.4. The van der Waals surface area contributed by atoms with Gasteiger partial charge in [-0.3, -0.25) is 9.59 Å². The van der Waals surface area contributed by atoms with Crippen LogP contribution in [-0.2, 0) is 9.59 Å². The fourth-order valence-electron chi connectivity index (χ4n) is 1.51. The van der Waals surface area contributed by atoms with E-state index in [0.717, 1.165) is 12.1 Å². The van der Waals surface area contributed by atoms with Crippen LogP contribution in [0.5, 0.6) is 0 Å². The summed E-state index contributed by atoms with van der Waals surface area (Å²) in [5.74, 6) is -5.04. The molecule has 1 rings (SSSR count). The zero-order chi connectivity index (χ0) is 14.6. The minimum absolute atomic E-state index is 0.474. The molecule has 0 fully saturated rings. The Labute approximate surface area is 107 Å².